The van der Waals surface area contributed by atoms with Crippen LogP contribution in [0.3, 0.4) is 0 Å². The molecule has 3 heteroatoms. The lowest BCUT2D eigenvalue weighted by atomic mass is 9.96. The van der Waals surface area contributed by atoms with Crippen LogP contribution in [0.25, 0.3) is 0 Å². The maximum Gasteiger partial charge on any atom is 0.254 e. The first kappa shape index (κ1) is 12.1. The molecule has 1 aromatic carbocycles. The Morgan fingerprint density at radius 1 is 1.53 bits per heavy atom. The Morgan fingerprint density at radius 3 is 2.94 bits per heavy atom. The third kappa shape index (κ3) is 2.67. The lowest BCUT2D eigenvalue weighted by Crippen LogP contribution is -2.51. The van der Waals surface area contributed by atoms with Crippen molar-refractivity contribution in [2.75, 3.05) is 13.1 Å². The van der Waals surface area contributed by atoms with Crippen LogP contribution in [0.1, 0.15) is 35.2 Å². The SMILES string of the molecule is Cc1cccc(C(=O)N2CCC2CCCN)c1. The molecule has 1 saturated heterocycles. The molecular formula is C14H20N2O. The molecule has 0 aromatic heterocycles. The molecule has 1 amide bonds. The molecule has 1 aliphatic heterocycles. The smallest absolute Gasteiger partial charge is 0.254 e. The number of carbonyl (C=O) groups is 1. The quantitative estimate of drug-likeness (QED) is 0.862. The molecular weight excluding hydrogens is 212 g/mol. The highest BCUT2D eigenvalue weighted by Crippen LogP contribution is 2.24. The van der Waals surface area contributed by atoms with Crippen molar-refractivity contribution in [1.82, 2.24) is 4.90 Å². The molecule has 1 fully saturated rings. The summed E-state index contributed by atoms with van der Waals surface area (Å²) in [6.07, 6.45) is 3.16. The van der Waals surface area contributed by atoms with Crippen LogP contribution in [0.5, 0.6) is 0 Å². The topological polar surface area (TPSA) is 46.3 Å². The average Bonchev–Trinajstić information content (AvgIpc) is 2.28. The number of benzene rings is 1. The molecule has 2 N–H and O–H groups in total. The molecule has 0 spiro atoms. The van der Waals surface area contributed by atoms with E-state index in [0.29, 0.717) is 12.6 Å². The van der Waals surface area contributed by atoms with Gasteiger partial charge in [-0.05, 0) is 44.9 Å². The van der Waals surface area contributed by atoms with Gasteiger partial charge in [0.15, 0.2) is 0 Å². The number of rotatable bonds is 4. The number of nitrogens with two attached hydrogens (primary N) is 1. The fourth-order valence-electron chi connectivity index (χ4n) is 2.31. The van der Waals surface area contributed by atoms with E-state index in [2.05, 4.69) is 0 Å². The predicted octanol–water partition coefficient (Wildman–Crippen LogP) is 1.95. The second kappa shape index (κ2) is 5.32. The van der Waals surface area contributed by atoms with Gasteiger partial charge in [-0.15, -0.1) is 0 Å². The zero-order valence-corrected chi connectivity index (χ0v) is 10.4. The molecule has 1 aromatic rings. The van der Waals surface area contributed by atoms with Crippen molar-refractivity contribution in [3.63, 3.8) is 0 Å². The summed E-state index contributed by atoms with van der Waals surface area (Å²) < 4.78 is 0. The minimum absolute atomic E-state index is 0.168. The monoisotopic (exact) mass is 232 g/mol. The van der Waals surface area contributed by atoms with Crippen LogP contribution in [0, 0.1) is 6.92 Å². The van der Waals surface area contributed by atoms with E-state index in [-0.39, 0.29) is 5.91 Å². The van der Waals surface area contributed by atoms with Gasteiger partial charge in [-0.25, -0.2) is 0 Å². The molecule has 0 radical (unpaired) electrons. The van der Waals surface area contributed by atoms with Gasteiger partial charge >= 0.3 is 0 Å². The van der Waals surface area contributed by atoms with Gasteiger partial charge in [-0.1, -0.05) is 17.7 Å². The number of nitrogens with zero attached hydrogens (tertiary/aromatic N) is 1. The molecule has 1 heterocycles. The number of aryl methyl sites for hydroxylation is 1. The molecule has 3 nitrogen and oxygen atoms in total. The molecule has 0 bridgehead atoms. The van der Waals surface area contributed by atoms with E-state index >= 15 is 0 Å². The van der Waals surface area contributed by atoms with Gasteiger partial charge in [0.25, 0.3) is 5.91 Å². The Balaban J connectivity index is 2.00. The Labute approximate surface area is 103 Å². The second-order valence-corrected chi connectivity index (χ2v) is 4.74. The maximum atomic E-state index is 12.2. The Morgan fingerprint density at radius 2 is 2.35 bits per heavy atom. The summed E-state index contributed by atoms with van der Waals surface area (Å²) in [6, 6.07) is 8.22. The average molecular weight is 232 g/mol. The lowest BCUT2D eigenvalue weighted by molar-refractivity contribution is 0.0441. The van der Waals surface area contributed by atoms with E-state index in [1.165, 1.54) is 0 Å². The van der Waals surface area contributed by atoms with Crippen LogP contribution in [0.15, 0.2) is 24.3 Å². The third-order valence-electron chi connectivity index (χ3n) is 3.41. The molecule has 1 aliphatic rings. The molecule has 92 valence electrons. The highest BCUT2D eigenvalue weighted by atomic mass is 16.2. The standard InChI is InChI=1S/C14H20N2O/c1-11-4-2-5-12(10-11)14(17)16-9-7-13(16)6-3-8-15/h2,4-5,10,13H,3,6-9,15H2,1H3. The van der Waals surface area contributed by atoms with Crippen molar-refractivity contribution < 1.29 is 4.79 Å². The zero-order valence-electron chi connectivity index (χ0n) is 10.4. The molecule has 17 heavy (non-hydrogen) atoms. The summed E-state index contributed by atoms with van der Waals surface area (Å²) in [5.74, 6) is 0.168. The fourth-order valence-corrected chi connectivity index (χ4v) is 2.31. The number of hydrogen-bond donors (Lipinski definition) is 1. The highest BCUT2D eigenvalue weighted by Gasteiger charge is 2.31. The fraction of sp³-hybridized carbons (Fsp3) is 0.500. The van der Waals surface area contributed by atoms with Gasteiger partial charge in [-0.3, -0.25) is 4.79 Å². The summed E-state index contributed by atoms with van der Waals surface area (Å²) >= 11 is 0. The van der Waals surface area contributed by atoms with Gasteiger partial charge < -0.3 is 10.6 Å². The Kier molecular flexibility index (Phi) is 3.79. The van der Waals surface area contributed by atoms with Gasteiger partial charge in [0.1, 0.15) is 0 Å². The number of hydrogen-bond acceptors (Lipinski definition) is 2. The first-order valence-electron chi connectivity index (χ1n) is 6.30. The highest BCUT2D eigenvalue weighted by molar-refractivity contribution is 5.95. The van der Waals surface area contributed by atoms with Crippen molar-refractivity contribution >= 4 is 5.91 Å². The van der Waals surface area contributed by atoms with E-state index in [4.69, 9.17) is 5.73 Å². The van der Waals surface area contributed by atoms with Gasteiger partial charge in [0, 0.05) is 18.2 Å². The van der Waals surface area contributed by atoms with E-state index in [1.54, 1.807) is 0 Å². The minimum Gasteiger partial charge on any atom is -0.336 e. The van der Waals surface area contributed by atoms with Crippen LogP contribution in [-0.2, 0) is 0 Å². The van der Waals surface area contributed by atoms with E-state index in [0.717, 1.165) is 36.9 Å². The van der Waals surface area contributed by atoms with E-state index in [1.807, 2.05) is 36.1 Å². The largest absolute Gasteiger partial charge is 0.336 e. The number of likely N-dealkylation sites (tertiary alicyclic amines) is 1. The summed E-state index contributed by atoms with van der Waals surface area (Å²) in [6.45, 7) is 3.61. The number of carbonyl (C=O) groups excluding carboxylic acids is 1. The normalized spacial score (nSPS) is 18.9. The van der Waals surface area contributed by atoms with Crippen molar-refractivity contribution in [1.29, 1.82) is 0 Å². The lowest BCUT2D eigenvalue weighted by Gasteiger charge is -2.41. The van der Waals surface area contributed by atoms with Crippen molar-refractivity contribution in [3.8, 4) is 0 Å². The molecule has 0 aliphatic carbocycles. The predicted molar refractivity (Wildman–Crippen MR) is 68.9 cm³/mol. The molecule has 0 saturated carbocycles. The summed E-state index contributed by atoms with van der Waals surface area (Å²) in [4.78, 5) is 14.2. The van der Waals surface area contributed by atoms with E-state index < -0.39 is 0 Å². The van der Waals surface area contributed by atoms with Crippen LogP contribution < -0.4 is 5.73 Å². The summed E-state index contributed by atoms with van der Waals surface area (Å²) in [5, 5.41) is 0. The third-order valence-corrected chi connectivity index (χ3v) is 3.41. The van der Waals surface area contributed by atoms with Crippen molar-refractivity contribution in [2.45, 2.75) is 32.2 Å². The second-order valence-electron chi connectivity index (χ2n) is 4.74. The first-order chi connectivity index (χ1) is 8.22. The molecule has 1 unspecified atom stereocenters. The van der Waals surface area contributed by atoms with Crippen LogP contribution in [-0.4, -0.2) is 29.9 Å². The van der Waals surface area contributed by atoms with Crippen LogP contribution >= 0.6 is 0 Å². The van der Waals surface area contributed by atoms with Gasteiger partial charge in [0.05, 0.1) is 0 Å². The van der Waals surface area contributed by atoms with Crippen molar-refractivity contribution in [2.24, 2.45) is 5.73 Å². The Bertz CT molecular complexity index is 403. The van der Waals surface area contributed by atoms with Crippen LogP contribution in [0.4, 0.5) is 0 Å². The summed E-state index contributed by atoms with van der Waals surface area (Å²) in [7, 11) is 0. The van der Waals surface area contributed by atoms with Crippen LogP contribution in [0.2, 0.25) is 0 Å². The van der Waals surface area contributed by atoms with Gasteiger partial charge in [-0.2, -0.15) is 0 Å². The Hall–Kier alpha value is -1.35. The van der Waals surface area contributed by atoms with E-state index in [9.17, 15) is 4.79 Å². The minimum atomic E-state index is 0.168. The number of amides is 1. The molecule has 1 atom stereocenters. The van der Waals surface area contributed by atoms with Crippen molar-refractivity contribution in [3.05, 3.63) is 35.4 Å². The van der Waals surface area contributed by atoms with Gasteiger partial charge in [0.2, 0.25) is 0 Å². The first-order valence-corrected chi connectivity index (χ1v) is 6.30. The maximum absolute atomic E-state index is 12.2. The zero-order chi connectivity index (χ0) is 12.3. The molecule has 2 rings (SSSR count). The summed E-state index contributed by atoms with van der Waals surface area (Å²) in [5.41, 5.74) is 7.45.